The number of amides is 1. The third-order valence-electron chi connectivity index (χ3n) is 7.32. The molecule has 0 bridgehead atoms. The van der Waals surface area contributed by atoms with Gasteiger partial charge in [0.1, 0.15) is 0 Å². The van der Waals surface area contributed by atoms with Crippen molar-refractivity contribution in [1.29, 1.82) is 0 Å². The number of hydrogen-bond acceptors (Lipinski definition) is 4. The van der Waals surface area contributed by atoms with Gasteiger partial charge in [0.2, 0.25) is 6.41 Å². The van der Waals surface area contributed by atoms with Gasteiger partial charge in [-0.15, -0.1) is 0 Å². The molecule has 0 aliphatic carbocycles. The van der Waals surface area contributed by atoms with Gasteiger partial charge in [0.15, 0.2) is 0 Å². The summed E-state index contributed by atoms with van der Waals surface area (Å²) in [6, 6.07) is 0.718. The molecule has 0 radical (unpaired) electrons. The molecular formula is C32H62N2O3. The Morgan fingerprint density at radius 3 is 2.08 bits per heavy atom. The summed E-state index contributed by atoms with van der Waals surface area (Å²) in [7, 11) is 3.51. The number of hydrogen-bond donors (Lipinski definition) is 2. The van der Waals surface area contributed by atoms with Crippen molar-refractivity contribution in [2.75, 3.05) is 20.7 Å². The summed E-state index contributed by atoms with van der Waals surface area (Å²) in [6.45, 7) is 21.9. The first-order chi connectivity index (χ1) is 17.6. The molecule has 0 rings (SSSR count). The van der Waals surface area contributed by atoms with Crippen LogP contribution in [-0.2, 0) is 14.3 Å². The van der Waals surface area contributed by atoms with Crippen molar-refractivity contribution < 1.29 is 14.3 Å². The van der Waals surface area contributed by atoms with Crippen LogP contribution in [0.25, 0.3) is 0 Å². The van der Waals surface area contributed by atoms with Gasteiger partial charge in [0, 0.05) is 12.6 Å². The Kier molecular flexibility index (Phi) is 29.1. The maximum Gasteiger partial charge on any atom is 0.306 e. The minimum atomic E-state index is -0.201. The molecule has 0 aromatic rings. The highest BCUT2D eigenvalue weighted by molar-refractivity contribution is 5.69. The molecule has 37 heavy (non-hydrogen) atoms. The van der Waals surface area contributed by atoms with Gasteiger partial charge in [-0.1, -0.05) is 104 Å². The SMILES string of the molecule is C/C=C\C.C=C/C=C/C(CC(=O)OC)CC(C)(CC)CCNC=O.CCCC(C)C(NC)C(CC)CC. The highest BCUT2D eigenvalue weighted by Gasteiger charge is 2.26. The van der Waals surface area contributed by atoms with Crippen LogP contribution in [0, 0.1) is 23.2 Å². The van der Waals surface area contributed by atoms with Crippen LogP contribution in [0.2, 0.25) is 0 Å². The van der Waals surface area contributed by atoms with Gasteiger partial charge in [-0.05, 0) is 63.3 Å². The van der Waals surface area contributed by atoms with Crippen molar-refractivity contribution in [3.63, 3.8) is 0 Å². The van der Waals surface area contributed by atoms with E-state index in [1.54, 1.807) is 6.08 Å². The molecule has 0 spiro atoms. The standard InChI is InChI=1S/C16H27NO3.C12H27N.C4H8/c1-5-7-8-14(11-15(19)20-4)12-16(3,6-2)9-10-17-13-18;1-6-9-10(4)12(13-5)11(7-2)8-3;1-3-4-2/h5,7-8,13-14H,1,6,9-12H2,2-4H3,(H,17,18);10-13H,6-9H2,1-5H3;3-4H,1-2H3/b8-7+;;4-3-. The van der Waals surface area contributed by atoms with Gasteiger partial charge in [-0.25, -0.2) is 0 Å². The smallest absolute Gasteiger partial charge is 0.306 e. The molecule has 0 saturated heterocycles. The van der Waals surface area contributed by atoms with E-state index in [1.165, 1.54) is 32.8 Å². The van der Waals surface area contributed by atoms with Gasteiger partial charge in [0.25, 0.3) is 0 Å². The van der Waals surface area contributed by atoms with E-state index in [0.29, 0.717) is 13.0 Å². The number of nitrogens with one attached hydrogen (secondary N) is 2. The van der Waals surface area contributed by atoms with Crippen molar-refractivity contribution in [3.8, 4) is 0 Å². The molecule has 0 aliphatic heterocycles. The lowest BCUT2D eigenvalue weighted by Gasteiger charge is -2.31. The summed E-state index contributed by atoms with van der Waals surface area (Å²) < 4.78 is 4.75. The van der Waals surface area contributed by atoms with E-state index in [1.807, 2.05) is 38.2 Å². The predicted molar refractivity (Wildman–Crippen MR) is 163 cm³/mol. The lowest BCUT2D eigenvalue weighted by Crippen LogP contribution is -2.38. The van der Waals surface area contributed by atoms with Gasteiger partial charge < -0.3 is 15.4 Å². The maximum absolute atomic E-state index is 11.5. The highest BCUT2D eigenvalue weighted by Crippen LogP contribution is 2.35. The Morgan fingerprint density at radius 1 is 1.11 bits per heavy atom. The molecular weight excluding hydrogens is 460 g/mol. The van der Waals surface area contributed by atoms with Crippen LogP contribution in [0.4, 0.5) is 0 Å². The van der Waals surface area contributed by atoms with Crippen LogP contribution in [0.1, 0.15) is 107 Å². The van der Waals surface area contributed by atoms with Crippen LogP contribution in [0.3, 0.4) is 0 Å². The fraction of sp³-hybridized carbons (Fsp3) is 0.750. The average Bonchev–Trinajstić information content (AvgIpc) is 2.90. The Balaban J connectivity index is -0.000000581. The Labute approximate surface area is 231 Å². The zero-order valence-electron chi connectivity index (χ0n) is 26.1. The zero-order chi connectivity index (χ0) is 29.1. The fourth-order valence-corrected chi connectivity index (χ4v) is 4.65. The van der Waals surface area contributed by atoms with Crippen LogP contribution < -0.4 is 10.6 Å². The molecule has 0 aromatic heterocycles. The molecule has 5 heteroatoms. The van der Waals surface area contributed by atoms with E-state index >= 15 is 0 Å². The van der Waals surface area contributed by atoms with Crippen molar-refractivity contribution in [2.45, 2.75) is 113 Å². The number of carbonyl (C=O) groups excluding carboxylic acids is 2. The molecule has 2 N–H and O–H groups in total. The van der Waals surface area contributed by atoms with Crippen molar-refractivity contribution in [1.82, 2.24) is 10.6 Å². The third-order valence-corrected chi connectivity index (χ3v) is 7.32. The van der Waals surface area contributed by atoms with E-state index < -0.39 is 0 Å². The second-order valence-corrected chi connectivity index (χ2v) is 10.2. The largest absolute Gasteiger partial charge is 0.469 e. The molecule has 0 fully saturated rings. The second kappa shape index (κ2) is 27.2. The Morgan fingerprint density at radius 2 is 1.70 bits per heavy atom. The topological polar surface area (TPSA) is 67.4 Å². The maximum atomic E-state index is 11.5. The molecule has 4 unspecified atom stereocenters. The summed E-state index contributed by atoms with van der Waals surface area (Å²) in [5.74, 6) is 1.60. The quantitative estimate of drug-likeness (QED) is 0.0631. The van der Waals surface area contributed by atoms with Crippen molar-refractivity contribution in [2.24, 2.45) is 23.2 Å². The predicted octanol–water partition coefficient (Wildman–Crippen LogP) is 7.88. The first kappa shape index (κ1) is 39.6. The molecule has 0 aromatic carbocycles. The zero-order valence-corrected chi connectivity index (χ0v) is 26.1. The molecule has 0 aliphatic rings. The molecule has 1 amide bonds. The minimum Gasteiger partial charge on any atom is -0.469 e. The highest BCUT2D eigenvalue weighted by atomic mass is 16.5. The molecule has 0 saturated carbocycles. The lowest BCUT2D eigenvalue weighted by molar-refractivity contribution is -0.141. The number of methoxy groups -OCH3 is 1. The number of carbonyl (C=O) groups is 2. The molecule has 218 valence electrons. The lowest BCUT2D eigenvalue weighted by atomic mass is 9.75. The van der Waals surface area contributed by atoms with E-state index in [2.05, 4.69) is 65.8 Å². The van der Waals surface area contributed by atoms with Crippen LogP contribution in [-0.4, -0.2) is 39.1 Å². The van der Waals surface area contributed by atoms with E-state index in [9.17, 15) is 9.59 Å². The number of esters is 1. The summed E-state index contributed by atoms with van der Waals surface area (Å²) >= 11 is 0. The summed E-state index contributed by atoms with van der Waals surface area (Å²) in [5.41, 5.74) is 0.0835. The van der Waals surface area contributed by atoms with Gasteiger partial charge >= 0.3 is 5.97 Å². The van der Waals surface area contributed by atoms with E-state index in [4.69, 9.17) is 4.74 Å². The normalized spacial score (nSPS) is 15.0. The molecule has 5 nitrogen and oxygen atoms in total. The van der Waals surface area contributed by atoms with Gasteiger partial charge in [0.05, 0.1) is 13.5 Å². The van der Waals surface area contributed by atoms with E-state index in [0.717, 1.165) is 43.6 Å². The Hall–Kier alpha value is -1.88. The number of rotatable bonds is 18. The second-order valence-electron chi connectivity index (χ2n) is 10.2. The van der Waals surface area contributed by atoms with Gasteiger partial charge in [-0.2, -0.15) is 0 Å². The molecule has 4 atom stereocenters. The van der Waals surface area contributed by atoms with Crippen LogP contribution >= 0.6 is 0 Å². The summed E-state index contributed by atoms with van der Waals surface area (Å²) in [6.07, 6.45) is 18.7. The van der Waals surface area contributed by atoms with Gasteiger partial charge in [-0.3, -0.25) is 9.59 Å². The molecule has 0 heterocycles. The monoisotopic (exact) mass is 522 g/mol. The average molecular weight is 523 g/mol. The van der Waals surface area contributed by atoms with Crippen molar-refractivity contribution >= 4 is 12.4 Å². The summed E-state index contributed by atoms with van der Waals surface area (Å²) in [5, 5.41) is 6.19. The minimum absolute atomic E-state index is 0.0835. The van der Waals surface area contributed by atoms with Crippen LogP contribution in [0.5, 0.6) is 0 Å². The number of ether oxygens (including phenoxy) is 1. The van der Waals surface area contributed by atoms with Crippen LogP contribution in [0.15, 0.2) is 37.0 Å². The Bertz CT molecular complexity index is 595. The first-order valence-corrected chi connectivity index (χ1v) is 14.4. The third kappa shape index (κ3) is 21.9. The first-order valence-electron chi connectivity index (χ1n) is 14.4. The fourth-order valence-electron chi connectivity index (χ4n) is 4.65. The van der Waals surface area contributed by atoms with Crippen molar-refractivity contribution in [3.05, 3.63) is 37.0 Å². The van der Waals surface area contributed by atoms with E-state index in [-0.39, 0.29) is 17.3 Å². The number of allylic oxidation sites excluding steroid dienone is 5. The summed E-state index contributed by atoms with van der Waals surface area (Å²) in [4.78, 5) is 21.8.